The summed E-state index contributed by atoms with van der Waals surface area (Å²) >= 11 is 2.11. The molecule has 2 aliphatic heterocycles. The molecule has 3 aromatic rings. The molecule has 1 saturated heterocycles. The van der Waals surface area contributed by atoms with Gasteiger partial charge in [0.2, 0.25) is 0 Å². The van der Waals surface area contributed by atoms with Gasteiger partial charge in [-0.2, -0.15) is 0 Å². The third-order valence-electron chi connectivity index (χ3n) is 6.18. The van der Waals surface area contributed by atoms with Crippen molar-refractivity contribution in [2.45, 2.75) is 29.4 Å². The first-order valence-corrected chi connectivity index (χ1v) is 11.6. The van der Waals surface area contributed by atoms with Crippen LogP contribution in [0.5, 0.6) is 0 Å². The van der Waals surface area contributed by atoms with E-state index in [4.69, 9.17) is 0 Å². The molecular weight excluding hydrogens is 370 g/mol. The van der Waals surface area contributed by atoms with Crippen LogP contribution in [-0.4, -0.2) is 23.4 Å². The lowest BCUT2D eigenvalue weighted by Crippen LogP contribution is -2.36. The molecule has 2 heteroatoms. The van der Waals surface area contributed by atoms with Crippen molar-refractivity contribution in [3.8, 4) is 0 Å². The molecule has 0 spiro atoms. The molecule has 3 aromatic carbocycles. The predicted molar refractivity (Wildman–Crippen MR) is 125 cm³/mol. The van der Waals surface area contributed by atoms with E-state index in [2.05, 4.69) is 114 Å². The minimum atomic E-state index is -0.189. The second-order valence-electron chi connectivity index (χ2n) is 7.96. The van der Waals surface area contributed by atoms with Gasteiger partial charge in [0.1, 0.15) is 0 Å². The fraction of sp³-hybridized carbons (Fsp3) is 0.259. The first kappa shape index (κ1) is 18.7. The average molecular weight is 398 g/mol. The first-order valence-electron chi connectivity index (χ1n) is 10.7. The summed E-state index contributed by atoms with van der Waals surface area (Å²) in [7, 11) is 0. The van der Waals surface area contributed by atoms with Gasteiger partial charge < -0.3 is 0 Å². The number of hydrogen-bond acceptors (Lipinski definition) is 2. The molecule has 2 heterocycles. The SMILES string of the molecule is C1=C(c2ccccc2)C(c2ccccc2)(c2ccccc2)SC1N1CCCCC1. The molecule has 0 aliphatic carbocycles. The zero-order chi connectivity index (χ0) is 19.5. The number of likely N-dealkylation sites (tertiary alicyclic amines) is 1. The fourth-order valence-electron chi connectivity index (χ4n) is 4.77. The van der Waals surface area contributed by atoms with Gasteiger partial charge in [0, 0.05) is 0 Å². The van der Waals surface area contributed by atoms with Crippen LogP contribution in [0.1, 0.15) is 36.0 Å². The highest BCUT2D eigenvalue weighted by atomic mass is 32.2. The average Bonchev–Trinajstić information content (AvgIpc) is 3.23. The van der Waals surface area contributed by atoms with Gasteiger partial charge in [-0.05, 0) is 48.2 Å². The van der Waals surface area contributed by atoms with E-state index in [0.29, 0.717) is 5.37 Å². The van der Waals surface area contributed by atoms with Crippen LogP contribution in [0.4, 0.5) is 0 Å². The molecule has 146 valence electrons. The van der Waals surface area contributed by atoms with Gasteiger partial charge in [-0.25, -0.2) is 0 Å². The molecule has 0 radical (unpaired) electrons. The minimum absolute atomic E-state index is 0.189. The second-order valence-corrected chi connectivity index (χ2v) is 9.30. The molecule has 1 nitrogen and oxygen atoms in total. The summed E-state index contributed by atoms with van der Waals surface area (Å²) in [6, 6.07) is 33.1. The Morgan fingerprint density at radius 3 is 1.72 bits per heavy atom. The summed E-state index contributed by atoms with van der Waals surface area (Å²) < 4.78 is -0.189. The van der Waals surface area contributed by atoms with E-state index in [-0.39, 0.29) is 4.75 Å². The number of benzene rings is 3. The highest BCUT2D eigenvalue weighted by Gasteiger charge is 2.47. The van der Waals surface area contributed by atoms with Gasteiger partial charge in [0.25, 0.3) is 0 Å². The molecule has 0 N–H and O–H groups in total. The van der Waals surface area contributed by atoms with Crippen LogP contribution < -0.4 is 0 Å². The fourth-order valence-corrected chi connectivity index (χ4v) is 6.55. The molecular formula is C27H27NS. The van der Waals surface area contributed by atoms with E-state index in [9.17, 15) is 0 Å². The first-order chi connectivity index (χ1) is 14.4. The molecule has 0 aromatic heterocycles. The molecule has 29 heavy (non-hydrogen) atoms. The predicted octanol–water partition coefficient (Wildman–Crippen LogP) is 6.57. The molecule has 1 atom stereocenters. The monoisotopic (exact) mass is 397 g/mol. The molecule has 1 fully saturated rings. The topological polar surface area (TPSA) is 3.24 Å². The molecule has 0 amide bonds. The van der Waals surface area contributed by atoms with Gasteiger partial charge in [0.15, 0.2) is 0 Å². The summed E-state index contributed by atoms with van der Waals surface area (Å²) in [6.07, 6.45) is 6.54. The highest BCUT2D eigenvalue weighted by molar-refractivity contribution is 8.02. The summed E-state index contributed by atoms with van der Waals surface area (Å²) in [5.74, 6) is 0. The van der Waals surface area contributed by atoms with Crippen molar-refractivity contribution >= 4 is 17.3 Å². The Morgan fingerprint density at radius 2 is 1.17 bits per heavy atom. The number of thioether (sulfide) groups is 1. The van der Waals surface area contributed by atoms with E-state index in [1.54, 1.807) is 0 Å². The maximum absolute atomic E-state index is 2.69. The third kappa shape index (κ3) is 3.45. The molecule has 0 saturated carbocycles. The van der Waals surface area contributed by atoms with Crippen LogP contribution in [0.2, 0.25) is 0 Å². The normalized spacial score (nSPS) is 21.7. The zero-order valence-electron chi connectivity index (χ0n) is 16.7. The second kappa shape index (κ2) is 8.22. The van der Waals surface area contributed by atoms with E-state index in [1.165, 1.54) is 54.6 Å². The van der Waals surface area contributed by atoms with Crippen molar-refractivity contribution in [1.82, 2.24) is 4.90 Å². The molecule has 2 aliphatic rings. The standard InChI is InChI=1S/C27H27NS/c1-5-13-22(14-6-1)25-21-26(28-19-11-4-12-20-28)29-27(25,23-15-7-2-8-16-23)24-17-9-3-10-18-24/h1-3,5-10,13-18,21,26H,4,11-12,19-20H2. The Hall–Kier alpha value is -2.29. The summed E-state index contributed by atoms with van der Waals surface area (Å²) in [4.78, 5) is 2.69. The van der Waals surface area contributed by atoms with Crippen molar-refractivity contribution in [2.75, 3.05) is 13.1 Å². The summed E-state index contributed by atoms with van der Waals surface area (Å²) in [6.45, 7) is 2.41. The van der Waals surface area contributed by atoms with E-state index >= 15 is 0 Å². The minimum Gasteiger partial charge on any atom is -0.288 e. The molecule has 0 bridgehead atoms. The van der Waals surface area contributed by atoms with Crippen LogP contribution in [0.25, 0.3) is 5.57 Å². The van der Waals surface area contributed by atoms with Crippen molar-refractivity contribution in [1.29, 1.82) is 0 Å². The van der Waals surface area contributed by atoms with Gasteiger partial charge >= 0.3 is 0 Å². The Balaban J connectivity index is 1.70. The van der Waals surface area contributed by atoms with Crippen molar-refractivity contribution in [3.63, 3.8) is 0 Å². The highest BCUT2D eigenvalue weighted by Crippen LogP contribution is 2.59. The van der Waals surface area contributed by atoms with Crippen LogP contribution in [0.3, 0.4) is 0 Å². The Labute approximate surface area is 178 Å². The quantitative estimate of drug-likeness (QED) is 0.490. The van der Waals surface area contributed by atoms with Crippen LogP contribution in [0, 0.1) is 0 Å². The number of piperidine rings is 1. The number of nitrogens with zero attached hydrogens (tertiary/aromatic N) is 1. The number of hydrogen-bond donors (Lipinski definition) is 0. The lowest BCUT2D eigenvalue weighted by molar-refractivity contribution is 0.236. The van der Waals surface area contributed by atoms with Gasteiger partial charge in [-0.3, -0.25) is 4.90 Å². The van der Waals surface area contributed by atoms with E-state index in [1.807, 2.05) is 0 Å². The maximum atomic E-state index is 2.69. The van der Waals surface area contributed by atoms with Gasteiger partial charge in [-0.15, -0.1) is 11.8 Å². The van der Waals surface area contributed by atoms with Crippen LogP contribution >= 0.6 is 11.8 Å². The largest absolute Gasteiger partial charge is 0.288 e. The lowest BCUT2D eigenvalue weighted by Gasteiger charge is -2.37. The van der Waals surface area contributed by atoms with Crippen molar-refractivity contribution in [3.05, 3.63) is 114 Å². The molecule has 5 rings (SSSR count). The summed E-state index contributed by atoms with van der Waals surface area (Å²) in [5, 5.41) is 0.408. The smallest absolute Gasteiger partial charge is 0.0929 e. The summed E-state index contributed by atoms with van der Waals surface area (Å²) in [5.41, 5.74) is 5.49. The lowest BCUT2D eigenvalue weighted by atomic mass is 9.80. The molecule has 1 unspecified atom stereocenters. The van der Waals surface area contributed by atoms with Gasteiger partial charge in [-0.1, -0.05) is 103 Å². The zero-order valence-corrected chi connectivity index (χ0v) is 17.5. The van der Waals surface area contributed by atoms with Crippen LogP contribution in [-0.2, 0) is 4.75 Å². The Bertz CT molecular complexity index is 920. The van der Waals surface area contributed by atoms with Crippen molar-refractivity contribution < 1.29 is 0 Å². The maximum Gasteiger partial charge on any atom is 0.0929 e. The number of rotatable bonds is 4. The van der Waals surface area contributed by atoms with E-state index in [0.717, 1.165) is 0 Å². The Morgan fingerprint density at radius 1 is 0.655 bits per heavy atom. The Kier molecular flexibility index (Phi) is 5.30. The third-order valence-corrected chi connectivity index (χ3v) is 7.90. The van der Waals surface area contributed by atoms with E-state index < -0.39 is 0 Å². The van der Waals surface area contributed by atoms with Crippen molar-refractivity contribution in [2.24, 2.45) is 0 Å². The van der Waals surface area contributed by atoms with Gasteiger partial charge in [0.05, 0.1) is 10.1 Å². The van der Waals surface area contributed by atoms with Crippen LogP contribution in [0.15, 0.2) is 97.1 Å².